The molecule has 114 valence electrons. The van der Waals surface area contributed by atoms with Crippen LogP contribution in [0.5, 0.6) is 0 Å². The van der Waals surface area contributed by atoms with E-state index in [1.165, 1.54) is 4.90 Å². The van der Waals surface area contributed by atoms with Crippen molar-refractivity contribution in [2.75, 3.05) is 13.1 Å². The second-order valence-corrected chi connectivity index (χ2v) is 6.06. The third-order valence-electron chi connectivity index (χ3n) is 4.67. The minimum Gasteiger partial charge on any atom is -0.336 e. The van der Waals surface area contributed by atoms with Crippen LogP contribution in [0.25, 0.3) is 11.1 Å². The number of amides is 1. The normalized spacial score (nSPS) is 25.6. The predicted molar refractivity (Wildman–Crippen MR) is 74.3 cm³/mol. The molecule has 3 heterocycles. The minimum atomic E-state index is -2.61. The molecule has 4 rings (SSSR count). The second-order valence-electron chi connectivity index (χ2n) is 6.06. The summed E-state index contributed by atoms with van der Waals surface area (Å²) in [6.45, 7) is 0.504. The van der Waals surface area contributed by atoms with Gasteiger partial charge < -0.3 is 4.90 Å². The van der Waals surface area contributed by atoms with Gasteiger partial charge in [-0.15, -0.1) is 0 Å². The monoisotopic (exact) mass is 304 g/mol. The van der Waals surface area contributed by atoms with Crippen molar-refractivity contribution in [1.29, 1.82) is 0 Å². The van der Waals surface area contributed by atoms with Crippen LogP contribution in [0.3, 0.4) is 0 Å². The first-order valence-corrected chi connectivity index (χ1v) is 7.13. The fourth-order valence-corrected chi connectivity index (χ4v) is 3.13. The maximum Gasteiger partial charge on any atom is 0.272 e. The topological polar surface area (TPSA) is 61.9 Å². The van der Waals surface area contributed by atoms with E-state index in [0.29, 0.717) is 13.0 Å². The Labute approximate surface area is 125 Å². The molecule has 1 aliphatic carbocycles. The fraction of sp³-hybridized carbons (Fsp3) is 0.400. The number of aromatic amines is 1. The summed E-state index contributed by atoms with van der Waals surface area (Å²) < 4.78 is 26.8. The maximum atomic E-state index is 13.4. The van der Waals surface area contributed by atoms with Crippen LogP contribution in [0.2, 0.25) is 0 Å². The molecule has 1 saturated heterocycles. The molecule has 2 aromatic rings. The van der Waals surface area contributed by atoms with E-state index in [-0.39, 0.29) is 24.6 Å². The highest BCUT2D eigenvalue weighted by atomic mass is 19.3. The standard InChI is InChI=1S/C15H14F2N4O/c16-15(17)8-14(15)3-4-21(9-14)13(22)12-2-1-10(5-18-12)11-6-19-20-7-11/h1-2,5-7H,3-4,8-9H2,(H,19,20). The first-order chi connectivity index (χ1) is 10.5. The number of likely N-dealkylation sites (tertiary alicyclic amines) is 1. The number of aromatic nitrogens is 3. The van der Waals surface area contributed by atoms with Gasteiger partial charge in [-0.2, -0.15) is 5.10 Å². The Morgan fingerprint density at radius 2 is 2.09 bits per heavy atom. The number of hydrogen-bond donors (Lipinski definition) is 1. The lowest BCUT2D eigenvalue weighted by atomic mass is 10.1. The smallest absolute Gasteiger partial charge is 0.272 e. The molecule has 2 aliphatic rings. The van der Waals surface area contributed by atoms with Crippen molar-refractivity contribution < 1.29 is 13.6 Å². The zero-order chi connectivity index (χ0) is 15.4. The number of hydrogen-bond acceptors (Lipinski definition) is 3. The van der Waals surface area contributed by atoms with Crippen molar-refractivity contribution in [1.82, 2.24) is 20.1 Å². The zero-order valence-corrected chi connectivity index (χ0v) is 11.7. The van der Waals surface area contributed by atoms with E-state index >= 15 is 0 Å². The van der Waals surface area contributed by atoms with Crippen molar-refractivity contribution >= 4 is 5.91 Å². The summed E-state index contributed by atoms with van der Waals surface area (Å²) in [5.74, 6) is -2.89. The van der Waals surface area contributed by atoms with E-state index in [1.54, 1.807) is 30.7 Å². The van der Waals surface area contributed by atoms with Gasteiger partial charge in [0.1, 0.15) is 5.69 Å². The summed E-state index contributed by atoms with van der Waals surface area (Å²) in [7, 11) is 0. The van der Waals surface area contributed by atoms with E-state index in [4.69, 9.17) is 0 Å². The number of pyridine rings is 1. The Hall–Kier alpha value is -2.31. The molecule has 5 nitrogen and oxygen atoms in total. The lowest BCUT2D eigenvalue weighted by Crippen LogP contribution is -2.30. The molecule has 0 radical (unpaired) electrons. The summed E-state index contributed by atoms with van der Waals surface area (Å²) in [6, 6.07) is 3.41. The number of carbonyl (C=O) groups excluding carboxylic acids is 1. The number of nitrogens with one attached hydrogen (secondary N) is 1. The number of rotatable bonds is 2. The average Bonchev–Trinajstić information content (AvgIpc) is 2.97. The van der Waals surface area contributed by atoms with Crippen LogP contribution < -0.4 is 0 Å². The van der Waals surface area contributed by atoms with Gasteiger partial charge in [0.05, 0.1) is 11.6 Å². The van der Waals surface area contributed by atoms with E-state index in [1.807, 2.05) is 0 Å². The van der Waals surface area contributed by atoms with Crippen LogP contribution in [0.4, 0.5) is 8.78 Å². The summed E-state index contributed by atoms with van der Waals surface area (Å²) in [6.07, 6.45) is 5.26. The molecule has 2 aromatic heterocycles. The minimum absolute atomic E-state index is 0.101. The Kier molecular flexibility index (Phi) is 2.64. The quantitative estimate of drug-likeness (QED) is 0.926. The van der Waals surface area contributed by atoms with Gasteiger partial charge in [0.15, 0.2) is 0 Å². The van der Waals surface area contributed by atoms with E-state index in [0.717, 1.165) is 11.1 Å². The van der Waals surface area contributed by atoms with Gasteiger partial charge in [-0.1, -0.05) is 6.07 Å². The Bertz CT molecular complexity index is 714. The fourth-order valence-electron chi connectivity index (χ4n) is 3.13. The number of halogens is 2. The van der Waals surface area contributed by atoms with Crippen molar-refractivity contribution in [3.63, 3.8) is 0 Å². The van der Waals surface area contributed by atoms with Gasteiger partial charge in [-0.3, -0.25) is 14.9 Å². The van der Waals surface area contributed by atoms with Crippen LogP contribution in [-0.2, 0) is 0 Å². The molecule has 1 unspecified atom stereocenters. The van der Waals surface area contributed by atoms with Gasteiger partial charge in [-0.05, 0) is 12.5 Å². The molecular weight excluding hydrogens is 290 g/mol. The molecule has 0 bridgehead atoms. The highest BCUT2D eigenvalue weighted by molar-refractivity contribution is 5.93. The van der Waals surface area contributed by atoms with E-state index < -0.39 is 11.3 Å². The van der Waals surface area contributed by atoms with Crippen LogP contribution in [0.1, 0.15) is 23.3 Å². The summed E-state index contributed by atoms with van der Waals surface area (Å²) in [5, 5.41) is 6.57. The third kappa shape index (κ3) is 1.92. The molecule has 7 heteroatoms. The highest BCUT2D eigenvalue weighted by Gasteiger charge is 2.73. The molecule has 1 atom stereocenters. The number of carbonyl (C=O) groups is 1. The first kappa shape index (κ1) is 13.4. The molecule has 1 spiro atoms. The van der Waals surface area contributed by atoms with E-state index in [2.05, 4.69) is 15.2 Å². The van der Waals surface area contributed by atoms with Crippen molar-refractivity contribution in [3.05, 3.63) is 36.4 Å². The predicted octanol–water partition coefficient (Wildman–Crippen LogP) is 2.34. The average molecular weight is 304 g/mol. The Morgan fingerprint density at radius 1 is 1.27 bits per heavy atom. The van der Waals surface area contributed by atoms with Gasteiger partial charge in [-0.25, -0.2) is 8.78 Å². The summed E-state index contributed by atoms with van der Waals surface area (Å²) in [4.78, 5) is 18.0. The van der Waals surface area contributed by atoms with Crippen molar-refractivity contribution in [2.45, 2.75) is 18.8 Å². The lowest BCUT2D eigenvalue weighted by Gasteiger charge is -2.16. The Balaban J connectivity index is 1.50. The highest BCUT2D eigenvalue weighted by Crippen LogP contribution is 2.65. The summed E-state index contributed by atoms with van der Waals surface area (Å²) >= 11 is 0. The van der Waals surface area contributed by atoms with Crippen LogP contribution in [0, 0.1) is 5.41 Å². The van der Waals surface area contributed by atoms with Crippen LogP contribution in [0.15, 0.2) is 30.7 Å². The molecule has 0 aromatic carbocycles. The molecule has 22 heavy (non-hydrogen) atoms. The molecule has 1 amide bonds. The number of H-pyrrole nitrogens is 1. The molecule has 1 saturated carbocycles. The molecule has 2 fully saturated rings. The maximum absolute atomic E-state index is 13.4. The van der Waals surface area contributed by atoms with Crippen LogP contribution >= 0.6 is 0 Å². The Morgan fingerprint density at radius 3 is 2.64 bits per heavy atom. The first-order valence-electron chi connectivity index (χ1n) is 7.13. The van der Waals surface area contributed by atoms with Crippen molar-refractivity contribution in [2.24, 2.45) is 5.41 Å². The van der Waals surface area contributed by atoms with Gasteiger partial charge >= 0.3 is 0 Å². The molecule has 1 aliphatic heterocycles. The molecular formula is C15H14F2N4O. The number of nitrogens with zero attached hydrogens (tertiary/aromatic N) is 3. The van der Waals surface area contributed by atoms with E-state index in [9.17, 15) is 13.6 Å². The third-order valence-corrected chi connectivity index (χ3v) is 4.67. The molecule has 1 N–H and O–H groups in total. The van der Waals surface area contributed by atoms with Gasteiger partial charge in [0.2, 0.25) is 0 Å². The van der Waals surface area contributed by atoms with Crippen molar-refractivity contribution in [3.8, 4) is 11.1 Å². The second kappa shape index (κ2) is 4.34. The van der Waals surface area contributed by atoms with Crippen LogP contribution in [-0.4, -0.2) is 45.0 Å². The van der Waals surface area contributed by atoms with Gasteiger partial charge in [0, 0.05) is 43.0 Å². The van der Waals surface area contributed by atoms with Gasteiger partial charge in [0.25, 0.3) is 11.8 Å². The SMILES string of the molecule is O=C(c1ccc(-c2cn[nH]c2)cn1)N1CCC2(C1)CC2(F)F. The largest absolute Gasteiger partial charge is 0.336 e. The number of alkyl halides is 2. The summed E-state index contributed by atoms with van der Waals surface area (Å²) in [5.41, 5.74) is 1.04. The lowest BCUT2D eigenvalue weighted by molar-refractivity contribution is 0.0616. The zero-order valence-electron chi connectivity index (χ0n) is 11.7.